The van der Waals surface area contributed by atoms with E-state index in [4.69, 9.17) is 4.74 Å². The van der Waals surface area contributed by atoms with Crippen molar-refractivity contribution in [2.45, 2.75) is 32.9 Å². The first-order valence-electron chi connectivity index (χ1n) is 6.81. The van der Waals surface area contributed by atoms with Gasteiger partial charge in [0.1, 0.15) is 5.75 Å². The maximum absolute atomic E-state index is 9.60. The van der Waals surface area contributed by atoms with Gasteiger partial charge in [0, 0.05) is 13.1 Å². The molecule has 1 heterocycles. The largest absolute Gasteiger partial charge is 0.494 e. The Bertz CT molecular complexity index is 379. The minimum absolute atomic E-state index is 0.190. The Kier molecular flexibility index (Phi) is 4.61. The lowest BCUT2D eigenvalue weighted by atomic mass is 10.0. The van der Waals surface area contributed by atoms with Crippen LogP contribution in [0.3, 0.4) is 0 Å². The van der Waals surface area contributed by atoms with E-state index in [1.807, 2.05) is 26.0 Å². The number of hydrogen-bond donors (Lipinski definition) is 1. The Morgan fingerprint density at radius 3 is 3.00 bits per heavy atom. The molecule has 3 nitrogen and oxygen atoms in total. The normalized spacial score (nSPS) is 22.1. The Labute approximate surface area is 109 Å². The maximum atomic E-state index is 9.60. The van der Waals surface area contributed by atoms with Crippen LogP contribution in [-0.4, -0.2) is 35.8 Å². The van der Waals surface area contributed by atoms with E-state index in [9.17, 15) is 5.11 Å². The van der Waals surface area contributed by atoms with E-state index in [1.54, 1.807) is 0 Å². The second-order valence-corrected chi connectivity index (χ2v) is 5.10. The zero-order valence-electron chi connectivity index (χ0n) is 11.3. The lowest BCUT2D eigenvalue weighted by molar-refractivity contribution is 0.127. The van der Waals surface area contributed by atoms with Crippen molar-refractivity contribution >= 4 is 0 Å². The number of ether oxygens (including phenoxy) is 1. The van der Waals surface area contributed by atoms with E-state index in [0.29, 0.717) is 12.5 Å². The van der Waals surface area contributed by atoms with Crippen LogP contribution in [0.4, 0.5) is 0 Å². The maximum Gasteiger partial charge on any atom is 0.119 e. The number of rotatable bonds is 5. The fourth-order valence-corrected chi connectivity index (χ4v) is 2.56. The summed E-state index contributed by atoms with van der Waals surface area (Å²) >= 11 is 0. The molecule has 1 aliphatic heterocycles. The van der Waals surface area contributed by atoms with Gasteiger partial charge < -0.3 is 9.84 Å². The van der Waals surface area contributed by atoms with Gasteiger partial charge in [-0.05, 0) is 50.4 Å². The Morgan fingerprint density at radius 1 is 1.50 bits per heavy atom. The highest BCUT2D eigenvalue weighted by molar-refractivity contribution is 5.28. The van der Waals surface area contributed by atoms with Crippen LogP contribution in [0, 0.1) is 5.92 Å². The molecule has 100 valence electrons. The van der Waals surface area contributed by atoms with E-state index < -0.39 is 0 Å². The molecule has 2 rings (SSSR count). The average molecular weight is 249 g/mol. The Balaban J connectivity index is 1.92. The molecule has 0 spiro atoms. The lowest BCUT2D eigenvalue weighted by Crippen LogP contribution is -2.23. The Morgan fingerprint density at radius 2 is 2.33 bits per heavy atom. The molecule has 1 N–H and O–H groups in total. The summed E-state index contributed by atoms with van der Waals surface area (Å²) in [6, 6.07) is 8.29. The Hall–Kier alpha value is -1.06. The first kappa shape index (κ1) is 13.4. The third-order valence-corrected chi connectivity index (χ3v) is 3.61. The van der Waals surface area contributed by atoms with Crippen molar-refractivity contribution in [3.05, 3.63) is 29.8 Å². The van der Waals surface area contributed by atoms with Gasteiger partial charge in [-0.3, -0.25) is 4.90 Å². The van der Waals surface area contributed by atoms with Crippen LogP contribution >= 0.6 is 0 Å². The van der Waals surface area contributed by atoms with Crippen molar-refractivity contribution in [3.8, 4) is 5.75 Å². The molecular weight excluding hydrogens is 226 g/mol. The molecule has 0 aromatic heterocycles. The van der Waals surface area contributed by atoms with E-state index in [1.165, 1.54) is 5.56 Å². The fraction of sp³-hybridized carbons (Fsp3) is 0.600. The average Bonchev–Trinajstić information content (AvgIpc) is 2.78. The topological polar surface area (TPSA) is 32.7 Å². The first-order valence-corrected chi connectivity index (χ1v) is 6.81. The van der Waals surface area contributed by atoms with Gasteiger partial charge in [0.05, 0.1) is 12.7 Å². The summed E-state index contributed by atoms with van der Waals surface area (Å²) < 4.78 is 5.51. The predicted molar refractivity (Wildman–Crippen MR) is 72.7 cm³/mol. The molecule has 1 fully saturated rings. The third kappa shape index (κ3) is 3.47. The van der Waals surface area contributed by atoms with Crippen molar-refractivity contribution in [3.63, 3.8) is 0 Å². The molecule has 0 amide bonds. The van der Waals surface area contributed by atoms with Crippen molar-refractivity contribution < 1.29 is 9.84 Å². The van der Waals surface area contributed by atoms with Crippen molar-refractivity contribution in [2.75, 3.05) is 19.7 Å². The lowest BCUT2D eigenvalue weighted by Gasteiger charge is -2.17. The van der Waals surface area contributed by atoms with Crippen LogP contribution in [0.25, 0.3) is 0 Å². The number of aliphatic hydroxyl groups excluding tert-OH is 1. The monoisotopic (exact) mass is 249 g/mol. The number of hydrogen-bond acceptors (Lipinski definition) is 3. The molecule has 0 radical (unpaired) electrons. The van der Waals surface area contributed by atoms with E-state index in [-0.39, 0.29) is 6.10 Å². The smallest absolute Gasteiger partial charge is 0.119 e. The van der Waals surface area contributed by atoms with Gasteiger partial charge >= 0.3 is 0 Å². The summed E-state index contributed by atoms with van der Waals surface area (Å²) in [4.78, 5) is 2.41. The zero-order valence-corrected chi connectivity index (χ0v) is 11.3. The highest BCUT2D eigenvalue weighted by atomic mass is 16.5. The standard InChI is InChI=1S/C15H23NO2/c1-3-18-15-6-4-5-13(9-15)10-16-8-7-14(11-16)12(2)17/h4-6,9,12,14,17H,3,7-8,10-11H2,1-2H3. The molecule has 1 aromatic rings. The number of nitrogens with zero attached hydrogens (tertiary/aromatic N) is 1. The number of benzene rings is 1. The minimum Gasteiger partial charge on any atom is -0.494 e. The van der Waals surface area contributed by atoms with Gasteiger partial charge in [-0.25, -0.2) is 0 Å². The van der Waals surface area contributed by atoms with Crippen LogP contribution < -0.4 is 4.74 Å². The molecule has 3 heteroatoms. The van der Waals surface area contributed by atoms with Gasteiger partial charge in [-0.1, -0.05) is 12.1 Å². The summed E-state index contributed by atoms with van der Waals surface area (Å²) in [5.74, 6) is 1.38. The second kappa shape index (κ2) is 6.21. The fourth-order valence-electron chi connectivity index (χ4n) is 2.56. The third-order valence-electron chi connectivity index (χ3n) is 3.61. The summed E-state index contributed by atoms with van der Waals surface area (Å²) in [6.07, 6.45) is 0.910. The predicted octanol–water partition coefficient (Wildman–Crippen LogP) is 2.29. The van der Waals surface area contributed by atoms with Crippen LogP contribution in [0.5, 0.6) is 5.75 Å². The summed E-state index contributed by atoms with van der Waals surface area (Å²) in [6.45, 7) is 7.62. The first-order chi connectivity index (χ1) is 8.69. The molecule has 0 aliphatic carbocycles. The molecule has 18 heavy (non-hydrogen) atoms. The van der Waals surface area contributed by atoms with Gasteiger partial charge in [0.25, 0.3) is 0 Å². The zero-order chi connectivity index (χ0) is 13.0. The summed E-state index contributed by atoms with van der Waals surface area (Å²) in [5, 5.41) is 9.60. The molecule has 2 atom stereocenters. The van der Waals surface area contributed by atoms with Crippen LogP contribution in [-0.2, 0) is 6.54 Å². The van der Waals surface area contributed by atoms with Crippen molar-refractivity contribution in [1.29, 1.82) is 0 Å². The van der Waals surface area contributed by atoms with Crippen molar-refractivity contribution in [2.24, 2.45) is 5.92 Å². The van der Waals surface area contributed by atoms with Crippen LogP contribution in [0.15, 0.2) is 24.3 Å². The van der Waals surface area contributed by atoms with Crippen LogP contribution in [0.1, 0.15) is 25.8 Å². The summed E-state index contributed by atoms with van der Waals surface area (Å²) in [5.41, 5.74) is 1.28. The quantitative estimate of drug-likeness (QED) is 0.869. The SMILES string of the molecule is CCOc1cccc(CN2CCC(C(C)O)C2)c1. The molecular formula is C15H23NO2. The van der Waals surface area contributed by atoms with E-state index in [2.05, 4.69) is 17.0 Å². The minimum atomic E-state index is -0.190. The van der Waals surface area contributed by atoms with E-state index >= 15 is 0 Å². The second-order valence-electron chi connectivity index (χ2n) is 5.10. The van der Waals surface area contributed by atoms with Gasteiger partial charge in [-0.15, -0.1) is 0 Å². The van der Waals surface area contributed by atoms with Crippen LogP contribution in [0.2, 0.25) is 0 Å². The summed E-state index contributed by atoms with van der Waals surface area (Å²) in [7, 11) is 0. The highest BCUT2D eigenvalue weighted by Crippen LogP contribution is 2.22. The number of aliphatic hydroxyl groups is 1. The number of likely N-dealkylation sites (tertiary alicyclic amines) is 1. The molecule has 2 unspecified atom stereocenters. The molecule has 1 saturated heterocycles. The molecule has 1 aromatic carbocycles. The van der Waals surface area contributed by atoms with Gasteiger partial charge in [0.2, 0.25) is 0 Å². The van der Waals surface area contributed by atoms with Gasteiger partial charge in [0.15, 0.2) is 0 Å². The molecule has 0 saturated carbocycles. The van der Waals surface area contributed by atoms with Crippen molar-refractivity contribution in [1.82, 2.24) is 4.90 Å². The van der Waals surface area contributed by atoms with Gasteiger partial charge in [-0.2, -0.15) is 0 Å². The highest BCUT2D eigenvalue weighted by Gasteiger charge is 2.25. The molecule has 1 aliphatic rings. The van der Waals surface area contributed by atoms with E-state index in [0.717, 1.165) is 31.8 Å². The molecule has 0 bridgehead atoms.